The third-order valence-corrected chi connectivity index (χ3v) is 2.29. The zero-order valence-electron chi connectivity index (χ0n) is 7.44. The third-order valence-electron chi connectivity index (χ3n) is 0.982. The second-order valence-electron chi connectivity index (χ2n) is 3.13. The van der Waals surface area contributed by atoms with Crippen LogP contribution >= 0.6 is 8.58 Å². The molecule has 0 nitrogen and oxygen atoms in total. The summed E-state index contributed by atoms with van der Waals surface area (Å²) in [5.41, 5.74) is 0.894. The summed E-state index contributed by atoms with van der Waals surface area (Å²) < 4.78 is 0. The van der Waals surface area contributed by atoms with Crippen LogP contribution in [0.15, 0.2) is 12.2 Å². The maximum absolute atomic E-state index is 2.33. The van der Waals surface area contributed by atoms with Gasteiger partial charge in [-0.2, -0.15) is 0 Å². The van der Waals surface area contributed by atoms with E-state index in [0.717, 1.165) is 5.66 Å². The molecule has 1 radical (unpaired) electrons. The Balaban J connectivity index is 0.000000180. The van der Waals surface area contributed by atoms with Crippen LogP contribution in [0.2, 0.25) is 17.3 Å². The van der Waals surface area contributed by atoms with Gasteiger partial charge in [-0.25, -0.2) is 0 Å². The molecule has 1 unspecified atom stereocenters. The van der Waals surface area contributed by atoms with E-state index in [4.69, 9.17) is 0 Å². The van der Waals surface area contributed by atoms with Crippen molar-refractivity contribution in [3.63, 3.8) is 0 Å². The SMILES string of the molecule is C[C@H]1C=CCP1.[CH3][Ge]([CH3])[CH3]. The van der Waals surface area contributed by atoms with E-state index in [9.17, 15) is 0 Å². The van der Waals surface area contributed by atoms with Gasteiger partial charge in [0.1, 0.15) is 0 Å². The molecular formula is C8H18GeP. The van der Waals surface area contributed by atoms with E-state index in [-0.39, 0.29) is 14.3 Å². The Morgan fingerprint density at radius 2 is 1.90 bits per heavy atom. The van der Waals surface area contributed by atoms with Gasteiger partial charge in [-0.1, -0.05) is 19.1 Å². The molecule has 2 atom stereocenters. The van der Waals surface area contributed by atoms with Gasteiger partial charge in [0.15, 0.2) is 0 Å². The second kappa shape index (κ2) is 6.42. The third kappa shape index (κ3) is 8.71. The fraction of sp³-hybridized carbons (Fsp3) is 0.750. The molecule has 10 heavy (non-hydrogen) atoms. The van der Waals surface area contributed by atoms with Crippen LogP contribution in [0.25, 0.3) is 0 Å². The molecule has 1 aliphatic heterocycles. The van der Waals surface area contributed by atoms with E-state index >= 15 is 0 Å². The Morgan fingerprint density at radius 1 is 1.40 bits per heavy atom. The minimum absolute atomic E-state index is 0.333. The summed E-state index contributed by atoms with van der Waals surface area (Å²) in [6.07, 6.45) is 5.89. The summed E-state index contributed by atoms with van der Waals surface area (Å²) in [6, 6.07) is 0. The summed E-state index contributed by atoms with van der Waals surface area (Å²) in [7, 11) is 1.17. The van der Waals surface area contributed by atoms with Crippen molar-refractivity contribution in [2.75, 3.05) is 6.16 Å². The number of allylic oxidation sites excluding steroid dienone is 2. The summed E-state index contributed by atoms with van der Waals surface area (Å²) in [5, 5.41) is 0. The Morgan fingerprint density at radius 3 is 2.00 bits per heavy atom. The van der Waals surface area contributed by atoms with E-state index in [1.54, 1.807) is 0 Å². The molecule has 0 spiro atoms. The van der Waals surface area contributed by atoms with Crippen LogP contribution in [0.1, 0.15) is 6.92 Å². The van der Waals surface area contributed by atoms with Crippen LogP contribution in [-0.4, -0.2) is 26.2 Å². The summed E-state index contributed by atoms with van der Waals surface area (Å²) in [5.74, 6) is 7.00. The van der Waals surface area contributed by atoms with Crippen LogP contribution in [0.4, 0.5) is 0 Å². The van der Waals surface area contributed by atoms with Crippen LogP contribution in [0.5, 0.6) is 0 Å². The van der Waals surface area contributed by atoms with Crippen molar-refractivity contribution >= 4 is 22.9 Å². The van der Waals surface area contributed by atoms with Crippen molar-refractivity contribution in [3.8, 4) is 0 Å². The number of rotatable bonds is 0. The maximum atomic E-state index is 2.33. The molecule has 59 valence electrons. The normalized spacial score (nSPS) is 25.1. The molecule has 0 amide bonds. The van der Waals surface area contributed by atoms with Crippen LogP contribution in [0.3, 0.4) is 0 Å². The van der Waals surface area contributed by atoms with Crippen molar-refractivity contribution in [1.29, 1.82) is 0 Å². The van der Waals surface area contributed by atoms with Crippen LogP contribution < -0.4 is 0 Å². The molecule has 0 N–H and O–H groups in total. The standard InChI is InChI=1S/C5H9P.C3H9Ge/c1-5-3-2-4-6-5;1-4(2)3/h2-3,5-6H,4H2,1H3;1-3H3/t5-;/m0./s1. The topological polar surface area (TPSA) is 0 Å². The first-order valence-electron chi connectivity index (χ1n) is 3.79. The first kappa shape index (κ1) is 10.7. The van der Waals surface area contributed by atoms with Gasteiger partial charge in [-0.15, -0.1) is 8.58 Å². The molecule has 0 aromatic carbocycles. The van der Waals surface area contributed by atoms with Gasteiger partial charge >= 0.3 is 31.6 Å². The monoisotopic (exact) mass is 219 g/mol. The Hall–Kier alpha value is 0.713. The van der Waals surface area contributed by atoms with E-state index in [0.29, 0.717) is 0 Å². The Labute approximate surface area is 71.4 Å². The van der Waals surface area contributed by atoms with Gasteiger partial charge < -0.3 is 0 Å². The van der Waals surface area contributed by atoms with Crippen molar-refractivity contribution in [1.82, 2.24) is 0 Å². The molecule has 0 bridgehead atoms. The molecule has 0 aromatic rings. The van der Waals surface area contributed by atoms with Crippen molar-refractivity contribution in [2.45, 2.75) is 29.9 Å². The van der Waals surface area contributed by atoms with Gasteiger partial charge in [0.2, 0.25) is 0 Å². The molecular weight excluding hydrogens is 200 g/mol. The molecule has 0 fully saturated rings. The Kier molecular flexibility index (Phi) is 6.88. The summed E-state index contributed by atoms with van der Waals surface area (Å²) in [4.78, 5) is 0. The average molecular weight is 218 g/mol. The van der Waals surface area contributed by atoms with Crippen LogP contribution in [0, 0.1) is 0 Å². The zero-order chi connectivity index (χ0) is 7.98. The van der Waals surface area contributed by atoms with Crippen LogP contribution in [-0.2, 0) is 0 Å². The first-order valence-corrected chi connectivity index (χ1v) is 11.4. The molecule has 0 saturated heterocycles. The molecule has 0 aliphatic carbocycles. The van der Waals surface area contributed by atoms with Gasteiger partial charge in [-0.3, -0.25) is 0 Å². The molecule has 0 saturated carbocycles. The predicted octanol–water partition coefficient (Wildman–Crippen LogP) is 2.99. The summed E-state index contributed by atoms with van der Waals surface area (Å²) >= 11 is -0.333. The number of hydrogen-bond donors (Lipinski definition) is 0. The van der Waals surface area contributed by atoms with Gasteiger partial charge in [0.25, 0.3) is 0 Å². The zero-order valence-corrected chi connectivity index (χ0v) is 10.5. The molecule has 1 rings (SSSR count). The fourth-order valence-electron chi connectivity index (χ4n) is 0.594. The first-order chi connectivity index (χ1) is 4.63. The van der Waals surface area contributed by atoms with Crippen molar-refractivity contribution in [2.24, 2.45) is 0 Å². The van der Waals surface area contributed by atoms with E-state index in [1.807, 2.05) is 0 Å². The minimum atomic E-state index is -0.333. The summed E-state index contributed by atoms with van der Waals surface area (Å²) in [6.45, 7) is 2.27. The van der Waals surface area contributed by atoms with Crippen molar-refractivity contribution in [3.05, 3.63) is 12.2 Å². The van der Waals surface area contributed by atoms with E-state index in [1.165, 1.54) is 14.7 Å². The molecule has 1 heterocycles. The molecule has 0 aromatic heterocycles. The second-order valence-corrected chi connectivity index (χ2v) is 11.1. The van der Waals surface area contributed by atoms with Crippen molar-refractivity contribution < 1.29 is 0 Å². The molecule has 2 heteroatoms. The Bertz CT molecular complexity index is 96.7. The van der Waals surface area contributed by atoms with Gasteiger partial charge in [0.05, 0.1) is 0 Å². The fourth-order valence-corrected chi connectivity index (χ4v) is 1.51. The average Bonchev–Trinajstić information content (AvgIpc) is 2.15. The molecule has 1 aliphatic rings. The van der Waals surface area contributed by atoms with Gasteiger partial charge in [0, 0.05) is 0 Å². The number of hydrogen-bond acceptors (Lipinski definition) is 0. The predicted molar refractivity (Wildman–Crippen MR) is 55.1 cm³/mol. The van der Waals surface area contributed by atoms with E-state index < -0.39 is 0 Å². The van der Waals surface area contributed by atoms with Gasteiger partial charge in [-0.05, 0) is 11.8 Å². The van der Waals surface area contributed by atoms with E-state index in [2.05, 4.69) is 36.3 Å². The quantitative estimate of drug-likeness (QED) is 0.333.